The second-order valence-electron chi connectivity index (χ2n) is 6.15. The molecule has 1 atom stereocenters. The Morgan fingerprint density at radius 1 is 0.929 bits per heavy atom. The molecule has 0 radical (unpaired) electrons. The fourth-order valence-corrected chi connectivity index (χ4v) is 3.22. The van der Waals surface area contributed by atoms with E-state index >= 15 is 0 Å². The maximum atomic E-state index is 13.3. The summed E-state index contributed by atoms with van der Waals surface area (Å²) >= 11 is 6.00. The molecule has 0 amide bonds. The third-order valence-corrected chi connectivity index (χ3v) is 4.70. The van der Waals surface area contributed by atoms with Crippen molar-refractivity contribution in [2.24, 2.45) is 0 Å². The van der Waals surface area contributed by atoms with Crippen molar-refractivity contribution in [2.75, 3.05) is 0 Å². The van der Waals surface area contributed by atoms with E-state index in [1.807, 2.05) is 30.3 Å². The fraction of sp³-hybridized carbons (Fsp3) is 0.0455. The number of esters is 1. The van der Waals surface area contributed by atoms with Crippen molar-refractivity contribution >= 4 is 34.3 Å². The molecule has 4 rings (SSSR count). The van der Waals surface area contributed by atoms with Crippen molar-refractivity contribution in [1.82, 2.24) is 9.97 Å². The molecule has 0 aliphatic carbocycles. The molecule has 4 aromatic rings. The highest BCUT2D eigenvalue weighted by Crippen LogP contribution is 2.28. The maximum absolute atomic E-state index is 13.3. The number of carbonyl (C=O) groups is 2. The number of nitrogens with zero attached hydrogens (tertiary/aromatic N) is 1. The Hall–Kier alpha value is -3.44. The minimum atomic E-state index is -1.11. The third kappa shape index (κ3) is 3.40. The Morgan fingerprint density at radius 2 is 1.68 bits per heavy atom. The summed E-state index contributed by atoms with van der Waals surface area (Å²) in [4.78, 5) is 33.0. The summed E-state index contributed by atoms with van der Waals surface area (Å²) in [6.07, 6.45) is 2.00. The predicted octanol–water partition coefficient (Wildman–Crippen LogP) is 5.00. The number of ether oxygens (including phenoxy) is 1. The van der Waals surface area contributed by atoms with E-state index in [0.717, 1.165) is 10.9 Å². The van der Waals surface area contributed by atoms with Crippen LogP contribution in [0.2, 0.25) is 5.15 Å². The molecule has 0 spiro atoms. The number of aromatic nitrogens is 2. The molecule has 28 heavy (non-hydrogen) atoms. The van der Waals surface area contributed by atoms with Crippen molar-refractivity contribution in [1.29, 1.82) is 0 Å². The number of carbonyl (C=O) groups excluding carboxylic acids is 2. The molecule has 0 bridgehead atoms. The highest BCUT2D eigenvalue weighted by molar-refractivity contribution is 6.32. The second kappa shape index (κ2) is 7.66. The van der Waals surface area contributed by atoms with Crippen LogP contribution in [0.1, 0.15) is 32.4 Å². The van der Waals surface area contributed by atoms with Crippen LogP contribution in [-0.2, 0) is 4.74 Å². The van der Waals surface area contributed by atoms with Gasteiger partial charge in [-0.15, -0.1) is 0 Å². The molecular weight excluding hydrogens is 376 g/mol. The lowest BCUT2D eigenvalue weighted by atomic mass is 9.99. The highest BCUT2D eigenvalue weighted by Gasteiger charge is 2.29. The number of Topliss-reactive ketones (excluding diaryl/α,β-unsaturated/α-hetero) is 1. The van der Waals surface area contributed by atoms with Crippen molar-refractivity contribution in [3.63, 3.8) is 0 Å². The first-order valence-corrected chi connectivity index (χ1v) is 8.99. The molecule has 2 aromatic heterocycles. The summed E-state index contributed by atoms with van der Waals surface area (Å²) in [7, 11) is 0. The molecular formula is C22H15ClN2O3. The van der Waals surface area contributed by atoms with Gasteiger partial charge in [0, 0.05) is 34.4 Å². The molecule has 0 unspecified atom stereocenters. The Bertz CT molecular complexity index is 1150. The number of aromatic amines is 1. The number of fused-ring (bicyclic) bond motifs is 1. The fourth-order valence-electron chi connectivity index (χ4n) is 3.03. The molecule has 2 heterocycles. The molecule has 6 heteroatoms. The standard InChI is InChI=1S/C22H15ClN2O3/c23-21-16(10-6-12-24-21)22(27)28-20(14-7-2-1-3-8-14)19(26)17-13-25-18-11-5-4-9-15(17)18/h1-13,20,25H/t20-/m0/s1. The lowest BCUT2D eigenvalue weighted by Gasteiger charge is -2.17. The van der Waals surface area contributed by atoms with Gasteiger partial charge in [0.15, 0.2) is 6.10 Å². The van der Waals surface area contributed by atoms with Gasteiger partial charge in [0.05, 0.1) is 5.56 Å². The number of hydrogen-bond donors (Lipinski definition) is 1. The smallest absolute Gasteiger partial charge is 0.342 e. The van der Waals surface area contributed by atoms with Crippen LogP contribution in [-0.4, -0.2) is 21.7 Å². The van der Waals surface area contributed by atoms with E-state index in [9.17, 15) is 9.59 Å². The van der Waals surface area contributed by atoms with Crippen molar-refractivity contribution in [3.05, 3.63) is 101 Å². The van der Waals surface area contributed by atoms with Gasteiger partial charge < -0.3 is 9.72 Å². The quantitative estimate of drug-likeness (QED) is 0.296. The van der Waals surface area contributed by atoms with Gasteiger partial charge in [-0.05, 0) is 18.2 Å². The Kier molecular flexibility index (Phi) is 4.91. The normalized spacial score (nSPS) is 11.9. The van der Waals surface area contributed by atoms with Crippen molar-refractivity contribution in [3.8, 4) is 0 Å². The van der Waals surface area contributed by atoms with Gasteiger partial charge in [-0.1, -0.05) is 60.1 Å². The molecule has 0 fully saturated rings. The monoisotopic (exact) mass is 390 g/mol. The van der Waals surface area contributed by atoms with E-state index < -0.39 is 12.1 Å². The highest BCUT2D eigenvalue weighted by atomic mass is 35.5. The predicted molar refractivity (Wildman–Crippen MR) is 106 cm³/mol. The minimum Gasteiger partial charge on any atom is -0.445 e. The SMILES string of the molecule is O=C(O[C@H](C(=O)c1c[nH]c2ccccc12)c1ccccc1)c1cccnc1Cl. The van der Waals surface area contributed by atoms with Gasteiger partial charge in [0.2, 0.25) is 5.78 Å². The summed E-state index contributed by atoms with van der Waals surface area (Å²) in [6, 6.07) is 19.5. The lowest BCUT2D eigenvalue weighted by Crippen LogP contribution is -2.20. The van der Waals surface area contributed by atoms with E-state index in [0.29, 0.717) is 11.1 Å². The number of rotatable bonds is 5. The zero-order chi connectivity index (χ0) is 19.5. The molecule has 0 saturated carbocycles. The number of ketones is 1. The average Bonchev–Trinajstić information content (AvgIpc) is 3.16. The van der Waals surface area contributed by atoms with Crippen molar-refractivity contribution in [2.45, 2.75) is 6.10 Å². The van der Waals surface area contributed by atoms with E-state index in [1.165, 1.54) is 12.3 Å². The van der Waals surface area contributed by atoms with Crippen LogP contribution in [0.25, 0.3) is 10.9 Å². The summed E-state index contributed by atoms with van der Waals surface area (Å²) in [6.45, 7) is 0. The van der Waals surface area contributed by atoms with E-state index in [1.54, 1.807) is 36.5 Å². The summed E-state index contributed by atoms with van der Waals surface area (Å²) in [5, 5.41) is 0.794. The average molecular weight is 391 g/mol. The Morgan fingerprint density at radius 3 is 2.46 bits per heavy atom. The van der Waals surface area contributed by atoms with E-state index in [4.69, 9.17) is 16.3 Å². The molecule has 0 saturated heterocycles. The number of nitrogens with one attached hydrogen (secondary N) is 1. The van der Waals surface area contributed by atoms with Crippen LogP contribution in [0.3, 0.4) is 0 Å². The topological polar surface area (TPSA) is 72.1 Å². The van der Waals surface area contributed by atoms with Gasteiger partial charge in [-0.25, -0.2) is 9.78 Å². The third-order valence-electron chi connectivity index (χ3n) is 4.40. The maximum Gasteiger partial charge on any atom is 0.342 e. The van der Waals surface area contributed by atoms with Gasteiger partial charge in [-0.2, -0.15) is 0 Å². The number of para-hydroxylation sites is 1. The second-order valence-corrected chi connectivity index (χ2v) is 6.51. The molecule has 0 aliphatic heterocycles. The minimum absolute atomic E-state index is 0.0267. The zero-order valence-electron chi connectivity index (χ0n) is 14.6. The van der Waals surface area contributed by atoms with Crippen LogP contribution in [0.4, 0.5) is 0 Å². The summed E-state index contributed by atoms with van der Waals surface area (Å²) in [5.41, 5.74) is 1.97. The lowest BCUT2D eigenvalue weighted by molar-refractivity contribution is 0.0280. The van der Waals surface area contributed by atoms with Crippen LogP contribution in [0.15, 0.2) is 79.1 Å². The van der Waals surface area contributed by atoms with Gasteiger partial charge in [0.25, 0.3) is 0 Å². The number of benzene rings is 2. The van der Waals surface area contributed by atoms with Crippen LogP contribution in [0.5, 0.6) is 0 Å². The first kappa shape index (κ1) is 17.9. The van der Waals surface area contributed by atoms with Crippen LogP contribution in [0, 0.1) is 0 Å². The number of H-pyrrole nitrogens is 1. The van der Waals surface area contributed by atoms with Gasteiger partial charge in [0.1, 0.15) is 5.15 Å². The number of pyridine rings is 1. The summed E-state index contributed by atoms with van der Waals surface area (Å²) in [5.74, 6) is -1.03. The van der Waals surface area contributed by atoms with E-state index in [-0.39, 0.29) is 16.5 Å². The largest absolute Gasteiger partial charge is 0.445 e. The van der Waals surface area contributed by atoms with Gasteiger partial charge >= 0.3 is 5.97 Å². The molecule has 138 valence electrons. The van der Waals surface area contributed by atoms with Gasteiger partial charge in [-0.3, -0.25) is 4.79 Å². The van der Waals surface area contributed by atoms with E-state index in [2.05, 4.69) is 9.97 Å². The first-order chi connectivity index (χ1) is 13.6. The van der Waals surface area contributed by atoms with Crippen LogP contribution < -0.4 is 0 Å². The molecule has 1 N–H and O–H groups in total. The number of hydrogen-bond acceptors (Lipinski definition) is 4. The Balaban J connectivity index is 1.73. The summed E-state index contributed by atoms with van der Waals surface area (Å²) < 4.78 is 5.61. The Labute approximate surface area is 165 Å². The van der Waals surface area contributed by atoms with Crippen molar-refractivity contribution < 1.29 is 14.3 Å². The van der Waals surface area contributed by atoms with Crippen LogP contribution >= 0.6 is 11.6 Å². The number of halogens is 1. The molecule has 2 aromatic carbocycles. The molecule has 5 nitrogen and oxygen atoms in total. The molecule has 0 aliphatic rings. The first-order valence-electron chi connectivity index (χ1n) is 8.62. The zero-order valence-corrected chi connectivity index (χ0v) is 15.4.